The molecule has 3 aromatic heterocycles. The van der Waals surface area contributed by atoms with E-state index in [1.54, 1.807) is 11.1 Å². The number of carbonyl (C=O) groups is 1. The van der Waals surface area contributed by atoms with Crippen molar-refractivity contribution in [2.45, 2.75) is 77.0 Å². The maximum Gasteiger partial charge on any atom is 0.227 e. The molecule has 0 unspecified atom stereocenters. The number of pyridine rings is 1. The molecule has 10 heteroatoms. The molecule has 1 saturated carbocycles. The van der Waals surface area contributed by atoms with Crippen LogP contribution in [0, 0.1) is 25.5 Å². The van der Waals surface area contributed by atoms with Gasteiger partial charge in [0.2, 0.25) is 5.91 Å². The molecule has 1 aromatic carbocycles. The lowest BCUT2D eigenvalue weighted by Gasteiger charge is -2.37. The van der Waals surface area contributed by atoms with Crippen LogP contribution >= 0.6 is 0 Å². The lowest BCUT2D eigenvalue weighted by molar-refractivity contribution is -0.120. The smallest absolute Gasteiger partial charge is 0.227 e. The summed E-state index contributed by atoms with van der Waals surface area (Å²) in [5.74, 6) is -0.761. The fourth-order valence-electron chi connectivity index (χ4n) is 6.02. The molecular weight excluding hydrogens is 492 g/mol. The third kappa shape index (κ3) is 4.16. The number of benzene rings is 1. The van der Waals surface area contributed by atoms with E-state index in [0.29, 0.717) is 60.5 Å². The van der Waals surface area contributed by atoms with Gasteiger partial charge in [-0.2, -0.15) is 0 Å². The number of imidazole rings is 1. The molecule has 6 rings (SSSR count). The van der Waals surface area contributed by atoms with Crippen molar-refractivity contribution in [3.05, 3.63) is 59.4 Å². The average Bonchev–Trinajstić information content (AvgIpc) is 3.45. The molecule has 1 aliphatic carbocycles. The molecular formula is C28H29F2N5O3. The van der Waals surface area contributed by atoms with Crippen LogP contribution in [0.15, 0.2) is 35.0 Å². The summed E-state index contributed by atoms with van der Waals surface area (Å²) in [6, 6.07) is 5.09. The monoisotopic (exact) mass is 521 g/mol. The Labute approximate surface area is 218 Å². The molecule has 1 N–H and O–H groups in total. The number of halogens is 2. The van der Waals surface area contributed by atoms with Crippen molar-refractivity contribution < 1.29 is 23.2 Å². The predicted octanol–water partition coefficient (Wildman–Crippen LogP) is 5.72. The highest BCUT2D eigenvalue weighted by molar-refractivity contribution is 5.95. The van der Waals surface area contributed by atoms with Crippen molar-refractivity contribution in [1.82, 2.24) is 19.7 Å². The Morgan fingerprint density at radius 2 is 1.84 bits per heavy atom. The SMILES string of the molecule is Cc1noc(C)c1-c1cnc2c(c1)nc([C@@H]1CCCC(=O)N1c1ccc(F)c(F)c1)n2[C@H]1CC[C@H](O)CC1. The summed E-state index contributed by atoms with van der Waals surface area (Å²) >= 11 is 0. The van der Waals surface area contributed by atoms with E-state index in [1.165, 1.54) is 6.07 Å². The fourth-order valence-corrected chi connectivity index (χ4v) is 6.02. The minimum absolute atomic E-state index is 0.0413. The number of anilines is 1. The lowest BCUT2D eigenvalue weighted by atomic mass is 9.92. The van der Waals surface area contributed by atoms with Crippen molar-refractivity contribution >= 4 is 22.8 Å². The van der Waals surface area contributed by atoms with Gasteiger partial charge in [-0.25, -0.2) is 18.7 Å². The highest BCUT2D eigenvalue weighted by Crippen LogP contribution is 2.41. The van der Waals surface area contributed by atoms with E-state index in [0.717, 1.165) is 41.8 Å². The quantitative estimate of drug-likeness (QED) is 0.369. The van der Waals surface area contributed by atoms with Gasteiger partial charge in [0.1, 0.15) is 17.1 Å². The Bertz CT molecular complexity index is 1500. The third-order valence-corrected chi connectivity index (χ3v) is 7.84. The zero-order valence-corrected chi connectivity index (χ0v) is 21.3. The summed E-state index contributed by atoms with van der Waals surface area (Å²) in [7, 11) is 0. The van der Waals surface area contributed by atoms with Crippen LogP contribution in [0.3, 0.4) is 0 Å². The molecule has 0 bridgehead atoms. The summed E-state index contributed by atoms with van der Waals surface area (Å²) in [4.78, 5) is 24.6. The maximum atomic E-state index is 14.2. The summed E-state index contributed by atoms with van der Waals surface area (Å²) in [6.07, 6.45) is 5.88. The van der Waals surface area contributed by atoms with E-state index in [2.05, 4.69) is 9.72 Å². The van der Waals surface area contributed by atoms with Gasteiger partial charge in [-0.05, 0) is 70.6 Å². The van der Waals surface area contributed by atoms with Crippen LogP contribution in [0.4, 0.5) is 14.5 Å². The van der Waals surface area contributed by atoms with E-state index in [4.69, 9.17) is 14.5 Å². The van der Waals surface area contributed by atoms with Crippen molar-refractivity contribution in [2.24, 2.45) is 0 Å². The van der Waals surface area contributed by atoms with Gasteiger partial charge < -0.3 is 19.1 Å². The summed E-state index contributed by atoms with van der Waals surface area (Å²) in [5, 5.41) is 14.2. The van der Waals surface area contributed by atoms with Gasteiger partial charge >= 0.3 is 0 Å². The molecule has 1 atom stereocenters. The topological polar surface area (TPSA) is 97.3 Å². The Kier molecular flexibility index (Phi) is 6.22. The van der Waals surface area contributed by atoms with Crippen LogP contribution in [-0.2, 0) is 4.79 Å². The van der Waals surface area contributed by atoms with Gasteiger partial charge in [0.25, 0.3) is 0 Å². The Morgan fingerprint density at radius 3 is 2.55 bits per heavy atom. The van der Waals surface area contributed by atoms with E-state index < -0.39 is 17.7 Å². The Balaban J connectivity index is 1.51. The molecule has 0 spiro atoms. The number of hydrogen-bond acceptors (Lipinski definition) is 6. The van der Waals surface area contributed by atoms with Crippen LogP contribution in [-0.4, -0.2) is 36.8 Å². The first-order valence-electron chi connectivity index (χ1n) is 13.1. The zero-order valence-electron chi connectivity index (χ0n) is 21.3. The molecule has 2 aliphatic rings. The maximum absolute atomic E-state index is 14.2. The first-order chi connectivity index (χ1) is 18.3. The molecule has 4 aromatic rings. The largest absolute Gasteiger partial charge is 0.393 e. The van der Waals surface area contributed by atoms with Gasteiger partial charge in [0.15, 0.2) is 17.3 Å². The van der Waals surface area contributed by atoms with Crippen LogP contribution in [0.1, 0.15) is 74.3 Å². The highest BCUT2D eigenvalue weighted by atomic mass is 19.2. The highest BCUT2D eigenvalue weighted by Gasteiger charge is 2.37. The normalized spacial score (nSPS) is 22.4. The number of fused-ring (bicyclic) bond motifs is 1. The molecule has 8 nitrogen and oxygen atoms in total. The number of piperidine rings is 1. The summed E-state index contributed by atoms with van der Waals surface area (Å²) < 4.78 is 35.4. The second-order valence-corrected chi connectivity index (χ2v) is 10.3. The van der Waals surface area contributed by atoms with Crippen LogP contribution < -0.4 is 4.90 Å². The molecule has 1 aliphatic heterocycles. The van der Waals surface area contributed by atoms with Gasteiger partial charge in [0.05, 0.1) is 17.8 Å². The molecule has 4 heterocycles. The van der Waals surface area contributed by atoms with Crippen molar-refractivity contribution in [3.63, 3.8) is 0 Å². The number of aryl methyl sites for hydroxylation is 2. The third-order valence-electron chi connectivity index (χ3n) is 7.84. The molecule has 38 heavy (non-hydrogen) atoms. The molecule has 1 amide bonds. The lowest BCUT2D eigenvalue weighted by Crippen LogP contribution is -2.40. The fraction of sp³-hybridized carbons (Fsp3) is 0.429. The number of amides is 1. The van der Waals surface area contributed by atoms with Gasteiger partial charge in [-0.1, -0.05) is 5.16 Å². The van der Waals surface area contributed by atoms with E-state index in [1.807, 2.05) is 19.9 Å². The predicted molar refractivity (Wildman–Crippen MR) is 136 cm³/mol. The van der Waals surface area contributed by atoms with Crippen molar-refractivity contribution in [1.29, 1.82) is 0 Å². The van der Waals surface area contributed by atoms with E-state index in [-0.39, 0.29) is 18.1 Å². The average molecular weight is 522 g/mol. The number of carbonyl (C=O) groups excluding carboxylic acids is 1. The molecule has 1 saturated heterocycles. The van der Waals surface area contributed by atoms with Crippen LogP contribution in [0.25, 0.3) is 22.3 Å². The first-order valence-corrected chi connectivity index (χ1v) is 13.1. The summed E-state index contributed by atoms with van der Waals surface area (Å²) in [6.45, 7) is 3.73. The second kappa shape index (κ2) is 9.58. The van der Waals surface area contributed by atoms with Gasteiger partial charge in [-0.15, -0.1) is 0 Å². The number of rotatable bonds is 4. The van der Waals surface area contributed by atoms with E-state index in [9.17, 15) is 18.7 Å². The molecule has 2 fully saturated rings. The van der Waals surface area contributed by atoms with Gasteiger partial charge in [0, 0.05) is 41.5 Å². The molecule has 198 valence electrons. The number of aliphatic hydroxyl groups excluding tert-OH is 1. The van der Waals surface area contributed by atoms with E-state index >= 15 is 0 Å². The number of hydrogen-bond donors (Lipinski definition) is 1. The van der Waals surface area contributed by atoms with Crippen LogP contribution in [0.2, 0.25) is 0 Å². The zero-order chi connectivity index (χ0) is 26.6. The second-order valence-electron chi connectivity index (χ2n) is 10.3. The minimum Gasteiger partial charge on any atom is -0.393 e. The van der Waals surface area contributed by atoms with Crippen molar-refractivity contribution in [3.8, 4) is 11.1 Å². The standard InChI is InChI=1S/C28H29F2N5O3/c1-15-26(16(2)38-33-15)17-12-23-27(31-14-17)35(18-6-9-20(36)10-7-18)28(32-23)24-4-3-5-25(37)34(24)19-8-11-21(29)22(30)13-19/h8,11-14,18,20,24,36H,3-7,9-10H2,1-2H3/t18-,20-,24-/m0/s1. The number of nitrogens with zero attached hydrogens (tertiary/aromatic N) is 5. The van der Waals surface area contributed by atoms with Gasteiger partial charge in [-0.3, -0.25) is 4.79 Å². The first kappa shape index (κ1) is 24.7. The summed E-state index contributed by atoms with van der Waals surface area (Å²) in [5.41, 5.74) is 4.13. The molecule has 0 radical (unpaired) electrons. The minimum atomic E-state index is -1.000. The van der Waals surface area contributed by atoms with Crippen molar-refractivity contribution in [2.75, 3.05) is 4.90 Å². The van der Waals surface area contributed by atoms with Crippen LogP contribution in [0.5, 0.6) is 0 Å². The number of aromatic nitrogens is 4. The Hall–Kier alpha value is -3.66. The Morgan fingerprint density at radius 1 is 1.05 bits per heavy atom. The number of aliphatic hydroxyl groups is 1.